The molecule has 18 heavy (non-hydrogen) atoms. The Morgan fingerprint density at radius 2 is 2.17 bits per heavy atom. The van der Waals surface area contributed by atoms with Crippen LogP contribution >= 0.6 is 0 Å². The van der Waals surface area contributed by atoms with Crippen LogP contribution in [0.2, 0.25) is 0 Å². The third kappa shape index (κ3) is 5.31. The van der Waals surface area contributed by atoms with E-state index in [4.69, 9.17) is 0 Å². The number of hydrogen-bond acceptors (Lipinski definition) is 3. The van der Waals surface area contributed by atoms with Gasteiger partial charge in [0.2, 0.25) is 0 Å². The summed E-state index contributed by atoms with van der Waals surface area (Å²) in [6.07, 6.45) is -2.50. The second-order valence-electron chi connectivity index (χ2n) is 4.32. The Hall–Kier alpha value is -1.37. The van der Waals surface area contributed by atoms with Crippen molar-refractivity contribution < 1.29 is 18.0 Å². The molecule has 0 amide bonds. The Morgan fingerprint density at radius 1 is 1.50 bits per heavy atom. The number of aromatic nitrogens is 2. The first-order valence-corrected chi connectivity index (χ1v) is 5.61. The number of nitrogens with one attached hydrogen (secondary N) is 1. The maximum Gasteiger partial charge on any atom is 0.401 e. The predicted octanol–water partition coefficient (Wildman–Crippen LogP) is 1.73. The van der Waals surface area contributed by atoms with Crippen LogP contribution in [0.3, 0.4) is 0 Å². The average molecular weight is 263 g/mol. The molecule has 1 rings (SSSR count). The Balaban J connectivity index is 2.35. The Morgan fingerprint density at radius 3 is 2.67 bits per heavy atom. The van der Waals surface area contributed by atoms with E-state index in [0.29, 0.717) is 5.69 Å². The molecule has 0 fully saturated rings. The number of hydrogen-bond donors (Lipinski definition) is 1. The molecule has 0 aliphatic carbocycles. The van der Waals surface area contributed by atoms with Crippen molar-refractivity contribution >= 4 is 5.78 Å². The minimum atomic E-state index is -4.29. The lowest BCUT2D eigenvalue weighted by molar-refractivity contribution is -0.127. The topological polar surface area (TPSA) is 46.9 Å². The number of Topliss-reactive ketones (excluding diaryl/α,β-unsaturated/α-hetero) is 1. The molecule has 0 unspecified atom stereocenters. The molecule has 0 aliphatic heterocycles. The van der Waals surface area contributed by atoms with Crippen LogP contribution in [0.25, 0.3) is 0 Å². The van der Waals surface area contributed by atoms with E-state index >= 15 is 0 Å². The fourth-order valence-corrected chi connectivity index (χ4v) is 1.37. The smallest absolute Gasteiger partial charge is 0.302 e. The van der Waals surface area contributed by atoms with E-state index in [-0.39, 0.29) is 24.8 Å². The van der Waals surface area contributed by atoms with E-state index < -0.39 is 12.7 Å². The number of ketones is 1. The fourth-order valence-electron chi connectivity index (χ4n) is 1.37. The van der Waals surface area contributed by atoms with Crippen LogP contribution in [0.4, 0.5) is 13.2 Å². The lowest BCUT2D eigenvalue weighted by atomic mass is 10.2. The molecule has 0 spiro atoms. The van der Waals surface area contributed by atoms with Gasteiger partial charge in [0.1, 0.15) is 0 Å². The van der Waals surface area contributed by atoms with Crippen molar-refractivity contribution in [3.05, 3.63) is 18.0 Å². The first kappa shape index (κ1) is 14.7. The summed E-state index contributed by atoms with van der Waals surface area (Å²) in [5.74, 6) is -0.312. The van der Waals surface area contributed by atoms with Crippen molar-refractivity contribution in [2.45, 2.75) is 32.5 Å². The second-order valence-corrected chi connectivity index (χ2v) is 4.32. The van der Waals surface area contributed by atoms with Gasteiger partial charge in [0.25, 0.3) is 0 Å². The quantitative estimate of drug-likeness (QED) is 0.850. The van der Waals surface area contributed by atoms with Crippen LogP contribution in [0.15, 0.2) is 12.3 Å². The van der Waals surface area contributed by atoms with Crippen LogP contribution in [0.5, 0.6) is 0 Å². The highest BCUT2D eigenvalue weighted by Gasteiger charge is 2.26. The lowest BCUT2D eigenvalue weighted by Gasteiger charge is -2.07. The van der Waals surface area contributed by atoms with E-state index in [9.17, 15) is 18.0 Å². The molecule has 102 valence electrons. The molecule has 7 heteroatoms. The zero-order chi connectivity index (χ0) is 13.8. The van der Waals surface area contributed by atoms with E-state index in [0.717, 1.165) is 0 Å². The minimum Gasteiger partial charge on any atom is -0.302 e. The average Bonchev–Trinajstić information content (AvgIpc) is 2.64. The van der Waals surface area contributed by atoms with E-state index in [1.165, 1.54) is 0 Å². The second kappa shape index (κ2) is 5.99. The number of halogens is 3. The first-order valence-electron chi connectivity index (χ1n) is 5.61. The van der Waals surface area contributed by atoms with E-state index in [1.54, 1.807) is 16.9 Å². The SMILES string of the molecule is CC(C)n1ccc(CC(=O)CNCC(F)(F)F)n1. The van der Waals surface area contributed by atoms with Gasteiger partial charge in [0.05, 0.1) is 25.2 Å². The Labute approximate surface area is 103 Å². The van der Waals surface area contributed by atoms with Crippen molar-refractivity contribution in [3.8, 4) is 0 Å². The molecule has 0 aromatic carbocycles. The van der Waals surface area contributed by atoms with Gasteiger partial charge in [-0.05, 0) is 19.9 Å². The van der Waals surface area contributed by atoms with Crippen molar-refractivity contribution in [2.75, 3.05) is 13.1 Å². The van der Waals surface area contributed by atoms with Crippen LogP contribution < -0.4 is 5.32 Å². The number of nitrogens with zero attached hydrogens (tertiary/aromatic N) is 2. The molecular weight excluding hydrogens is 247 g/mol. The third-order valence-corrected chi connectivity index (χ3v) is 2.22. The fraction of sp³-hybridized carbons (Fsp3) is 0.636. The maximum atomic E-state index is 11.8. The van der Waals surface area contributed by atoms with Gasteiger partial charge in [-0.2, -0.15) is 18.3 Å². The lowest BCUT2D eigenvalue weighted by Crippen LogP contribution is -2.33. The summed E-state index contributed by atoms with van der Waals surface area (Å²) in [4.78, 5) is 11.4. The summed E-state index contributed by atoms with van der Waals surface area (Å²) in [5.41, 5.74) is 0.572. The van der Waals surface area contributed by atoms with Crippen molar-refractivity contribution in [1.82, 2.24) is 15.1 Å². The number of rotatable bonds is 6. The minimum absolute atomic E-state index is 0.0462. The van der Waals surface area contributed by atoms with Crippen molar-refractivity contribution in [2.24, 2.45) is 0 Å². The van der Waals surface area contributed by atoms with Crippen molar-refractivity contribution in [3.63, 3.8) is 0 Å². The normalized spacial score (nSPS) is 12.1. The summed E-state index contributed by atoms with van der Waals surface area (Å²) in [6.45, 7) is 2.44. The summed E-state index contributed by atoms with van der Waals surface area (Å²) in [6, 6.07) is 1.89. The highest BCUT2D eigenvalue weighted by molar-refractivity contribution is 5.82. The molecule has 0 saturated carbocycles. The maximum absolute atomic E-state index is 11.8. The standard InChI is InChI=1S/C11H16F3N3O/c1-8(2)17-4-3-9(16-17)5-10(18)6-15-7-11(12,13)14/h3-4,8,15H,5-7H2,1-2H3. The van der Waals surface area contributed by atoms with Crippen LogP contribution in [0, 0.1) is 0 Å². The summed E-state index contributed by atoms with van der Waals surface area (Å²) < 4.78 is 37.2. The van der Waals surface area contributed by atoms with Crippen LogP contribution in [-0.4, -0.2) is 34.8 Å². The van der Waals surface area contributed by atoms with Gasteiger partial charge in [-0.3, -0.25) is 9.48 Å². The number of carbonyl (C=O) groups excluding carboxylic acids is 1. The first-order chi connectivity index (χ1) is 8.28. The Bertz CT molecular complexity index is 398. The Kier molecular flexibility index (Phi) is 4.89. The number of carbonyl (C=O) groups is 1. The largest absolute Gasteiger partial charge is 0.401 e. The van der Waals surface area contributed by atoms with Gasteiger partial charge in [0.15, 0.2) is 5.78 Å². The third-order valence-electron chi connectivity index (χ3n) is 2.22. The van der Waals surface area contributed by atoms with Gasteiger partial charge in [0, 0.05) is 12.2 Å². The molecule has 1 aromatic heterocycles. The number of alkyl halides is 3. The molecule has 0 saturated heterocycles. The van der Waals surface area contributed by atoms with Gasteiger partial charge < -0.3 is 5.32 Å². The molecule has 1 aromatic rings. The molecular formula is C11H16F3N3O. The summed E-state index contributed by atoms with van der Waals surface area (Å²) >= 11 is 0. The molecule has 0 aliphatic rings. The predicted molar refractivity (Wildman–Crippen MR) is 60.2 cm³/mol. The van der Waals surface area contributed by atoms with Gasteiger partial charge >= 0.3 is 6.18 Å². The van der Waals surface area contributed by atoms with Crippen molar-refractivity contribution in [1.29, 1.82) is 0 Å². The zero-order valence-electron chi connectivity index (χ0n) is 10.3. The van der Waals surface area contributed by atoms with Gasteiger partial charge in [-0.15, -0.1) is 0 Å². The molecule has 0 radical (unpaired) electrons. The van der Waals surface area contributed by atoms with Gasteiger partial charge in [-0.25, -0.2) is 0 Å². The summed E-state index contributed by atoms with van der Waals surface area (Å²) in [7, 11) is 0. The highest BCUT2D eigenvalue weighted by Crippen LogP contribution is 2.12. The molecule has 0 atom stereocenters. The zero-order valence-corrected chi connectivity index (χ0v) is 10.3. The van der Waals surface area contributed by atoms with E-state index in [1.807, 2.05) is 13.8 Å². The summed E-state index contributed by atoms with van der Waals surface area (Å²) in [5, 5.41) is 6.22. The van der Waals surface area contributed by atoms with Crippen LogP contribution in [-0.2, 0) is 11.2 Å². The molecule has 0 bridgehead atoms. The monoisotopic (exact) mass is 263 g/mol. The highest BCUT2D eigenvalue weighted by atomic mass is 19.4. The van der Waals surface area contributed by atoms with Gasteiger partial charge in [-0.1, -0.05) is 0 Å². The molecule has 1 heterocycles. The van der Waals surface area contributed by atoms with Crippen LogP contribution in [0.1, 0.15) is 25.6 Å². The van der Waals surface area contributed by atoms with E-state index in [2.05, 4.69) is 10.4 Å². The molecule has 1 N–H and O–H groups in total. The molecule has 4 nitrogen and oxygen atoms in total.